The summed E-state index contributed by atoms with van der Waals surface area (Å²) in [6.07, 6.45) is 1.82. The molecule has 2 rings (SSSR count). The Morgan fingerprint density at radius 3 is 3.00 bits per heavy atom. The minimum atomic E-state index is -0.161. The van der Waals surface area contributed by atoms with Crippen molar-refractivity contribution in [1.82, 2.24) is 15.1 Å². The molecule has 1 saturated heterocycles. The molecule has 0 saturated carbocycles. The number of nitrogens with one attached hydrogen (secondary N) is 1. The van der Waals surface area contributed by atoms with Gasteiger partial charge in [-0.15, -0.1) is 0 Å². The van der Waals surface area contributed by atoms with Crippen molar-refractivity contribution in [2.45, 2.75) is 25.5 Å². The van der Waals surface area contributed by atoms with Gasteiger partial charge in [-0.3, -0.25) is 4.68 Å². The lowest BCUT2D eigenvalue weighted by molar-refractivity contribution is -0.0740. The van der Waals surface area contributed by atoms with Crippen molar-refractivity contribution in [1.29, 1.82) is 0 Å². The largest absolute Gasteiger partial charge is 0.372 e. The second-order valence-corrected chi connectivity index (χ2v) is 4.22. The highest BCUT2D eigenvalue weighted by molar-refractivity contribution is 5.12. The summed E-state index contributed by atoms with van der Waals surface area (Å²) in [4.78, 5) is 0. The van der Waals surface area contributed by atoms with E-state index < -0.39 is 0 Å². The van der Waals surface area contributed by atoms with E-state index >= 15 is 0 Å². The molecular weight excluding hydrogens is 178 g/mol. The zero-order chi connectivity index (χ0) is 10.2. The zero-order valence-corrected chi connectivity index (χ0v) is 8.95. The Morgan fingerprint density at radius 1 is 1.64 bits per heavy atom. The van der Waals surface area contributed by atoms with Crippen LogP contribution in [0.4, 0.5) is 0 Å². The van der Waals surface area contributed by atoms with Crippen LogP contribution in [-0.4, -0.2) is 28.5 Å². The maximum atomic E-state index is 5.75. The Morgan fingerprint density at radius 2 is 2.43 bits per heavy atom. The summed E-state index contributed by atoms with van der Waals surface area (Å²) in [5.41, 5.74) is 1.01. The fourth-order valence-electron chi connectivity index (χ4n) is 1.97. The standard InChI is InChI=1S/C10H17N3O/c1-10(2)9(11-6-7-14-10)8-4-5-12-13(8)3/h4-5,9,11H,6-7H2,1-3H3. The van der Waals surface area contributed by atoms with Crippen LogP contribution in [0, 0.1) is 0 Å². The molecule has 78 valence electrons. The predicted octanol–water partition coefficient (Wildman–Crippen LogP) is 0.860. The molecule has 1 unspecified atom stereocenters. The minimum absolute atomic E-state index is 0.161. The molecule has 0 spiro atoms. The number of aryl methyl sites for hydroxylation is 1. The maximum Gasteiger partial charge on any atom is 0.0836 e. The lowest BCUT2D eigenvalue weighted by atomic mass is 9.94. The predicted molar refractivity (Wildman–Crippen MR) is 54.0 cm³/mol. The molecule has 0 aromatic carbocycles. The number of aromatic nitrogens is 2. The van der Waals surface area contributed by atoms with Gasteiger partial charge in [0.15, 0.2) is 0 Å². The SMILES string of the molecule is Cn1nccc1C1NCCOC1(C)C. The van der Waals surface area contributed by atoms with Crippen LogP contribution < -0.4 is 5.32 Å². The second kappa shape index (κ2) is 3.37. The molecule has 0 bridgehead atoms. The van der Waals surface area contributed by atoms with E-state index in [1.807, 2.05) is 24.0 Å². The Hall–Kier alpha value is -0.870. The first-order chi connectivity index (χ1) is 6.61. The second-order valence-electron chi connectivity index (χ2n) is 4.22. The highest BCUT2D eigenvalue weighted by Crippen LogP contribution is 2.30. The lowest BCUT2D eigenvalue weighted by Crippen LogP contribution is -2.49. The highest BCUT2D eigenvalue weighted by atomic mass is 16.5. The van der Waals surface area contributed by atoms with Crippen LogP contribution in [0.5, 0.6) is 0 Å². The monoisotopic (exact) mass is 195 g/mol. The first-order valence-corrected chi connectivity index (χ1v) is 4.96. The van der Waals surface area contributed by atoms with Crippen LogP contribution in [0.25, 0.3) is 0 Å². The Bertz CT molecular complexity index is 319. The van der Waals surface area contributed by atoms with Gasteiger partial charge in [-0.2, -0.15) is 5.10 Å². The van der Waals surface area contributed by atoms with Gasteiger partial charge in [-0.1, -0.05) is 0 Å². The van der Waals surface area contributed by atoms with Crippen molar-refractivity contribution in [2.24, 2.45) is 7.05 Å². The molecule has 0 aliphatic carbocycles. The zero-order valence-electron chi connectivity index (χ0n) is 8.95. The van der Waals surface area contributed by atoms with Gasteiger partial charge >= 0.3 is 0 Å². The Kier molecular flexibility index (Phi) is 2.33. The summed E-state index contributed by atoms with van der Waals surface area (Å²) in [6.45, 7) is 5.90. The third kappa shape index (κ3) is 1.55. The topological polar surface area (TPSA) is 39.1 Å². The van der Waals surface area contributed by atoms with Gasteiger partial charge < -0.3 is 10.1 Å². The number of nitrogens with zero attached hydrogens (tertiary/aromatic N) is 2. The van der Waals surface area contributed by atoms with Crippen LogP contribution in [0.15, 0.2) is 12.3 Å². The van der Waals surface area contributed by atoms with Gasteiger partial charge in [0.05, 0.1) is 23.9 Å². The summed E-state index contributed by atoms with van der Waals surface area (Å²) in [6, 6.07) is 2.26. The molecule has 4 heteroatoms. The van der Waals surface area contributed by atoms with Gasteiger partial charge in [-0.05, 0) is 19.9 Å². The number of morpholine rings is 1. The fourth-order valence-corrected chi connectivity index (χ4v) is 1.97. The maximum absolute atomic E-state index is 5.75. The molecule has 1 aliphatic rings. The highest BCUT2D eigenvalue weighted by Gasteiger charge is 2.35. The molecule has 1 N–H and O–H groups in total. The van der Waals surface area contributed by atoms with Crippen LogP contribution in [0.2, 0.25) is 0 Å². The third-order valence-corrected chi connectivity index (χ3v) is 2.77. The average molecular weight is 195 g/mol. The molecular formula is C10H17N3O. The van der Waals surface area contributed by atoms with E-state index in [0.29, 0.717) is 0 Å². The summed E-state index contributed by atoms with van der Waals surface area (Å²) in [7, 11) is 1.96. The van der Waals surface area contributed by atoms with Crippen LogP contribution in [-0.2, 0) is 11.8 Å². The summed E-state index contributed by atoms with van der Waals surface area (Å²) in [5.74, 6) is 0. The van der Waals surface area contributed by atoms with E-state index in [4.69, 9.17) is 4.74 Å². The van der Waals surface area contributed by atoms with E-state index in [2.05, 4.69) is 24.3 Å². The van der Waals surface area contributed by atoms with E-state index in [9.17, 15) is 0 Å². The van der Waals surface area contributed by atoms with Crippen molar-refractivity contribution < 1.29 is 4.74 Å². The summed E-state index contributed by atoms with van der Waals surface area (Å²) < 4.78 is 7.65. The molecule has 1 aliphatic heterocycles. The van der Waals surface area contributed by atoms with E-state index in [-0.39, 0.29) is 11.6 Å². The first kappa shape index (κ1) is 9.68. The van der Waals surface area contributed by atoms with Gasteiger partial charge in [-0.25, -0.2) is 0 Å². The normalized spacial score (nSPS) is 26.4. The van der Waals surface area contributed by atoms with Gasteiger partial charge in [0.2, 0.25) is 0 Å². The first-order valence-electron chi connectivity index (χ1n) is 4.96. The molecule has 14 heavy (non-hydrogen) atoms. The summed E-state index contributed by atoms with van der Waals surface area (Å²) >= 11 is 0. The van der Waals surface area contributed by atoms with Crippen molar-refractivity contribution in [3.63, 3.8) is 0 Å². The van der Waals surface area contributed by atoms with Gasteiger partial charge in [0, 0.05) is 19.8 Å². The van der Waals surface area contributed by atoms with Crippen molar-refractivity contribution in [2.75, 3.05) is 13.2 Å². The quantitative estimate of drug-likeness (QED) is 0.722. The third-order valence-electron chi connectivity index (χ3n) is 2.77. The Labute approximate surface area is 84.3 Å². The average Bonchev–Trinajstić information content (AvgIpc) is 2.51. The molecule has 0 amide bonds. The molecule has 1 fully saturated rings. The Balaban J connectivity index is 2.28. The number of rotatable bonds is 1. The van der Waals surface area contributed by atoms with Crippen molar-refractivity contribution >= 4 is 0 Å². The van der Waals surface area contributed by atoms with E-state index in [1.54, 1.807) is 0 Å². The van der Waals surface area contributed by atoms with Gasteiger partial charge in [0.25, 0.3) is 0 Å². The van der Waals surface area contributed by atoms with Crippen LogP contribution in [0.1, 0.15) is 25.6 Å². The smallest absolute Gasteiger partial charge is 0.0836 e. The molecule has 2 heterocycles. The number of ether oxygens (including phenoxy) is 1. The molecule has 1 atom stereocenters. The molecule has 0 radical (unpaired) electrons. The van der Waals surface area contributed by atoms with E-state index in [1.165, 1.54) is 5.69 Å². The molecule has 1 aromatic rings. The fraction of sp³-hybridized carbons (Fsp3) is 0.700. The van der Waals surface area contributed by atoms with Crippen LogP contribution in [0.3, 0.4) is 0 Å². The van der Waals surface area contributed by atoms with Crippen molar-refractivity contribution in [3.8, 4) is 0 Å². The minimum Gasteiger partial charge on any atom is -0.372 e. The molecule has 1 aromatic heterocycles. The van der Waals surface area contributed by atoms with E-state index in [0.717, 1.165) is 13.2 Å². The molecule has 4 nitrogen and oxygen atoms in total. The van der Waals surface area contributed by atoms with Crippen molar-refractivity contribution in [3.05, 3.63) is 18.0 Å². The lowest BCUT2D eigenvalue weighted by Gasteiger charge is -2.39. The van der Waals surface area contributed by atoms with Crippen LogP contribution >= 0.6 is 0 Å². The summed E-state index contributed by atoms with van der Waals surface area (Å²) in [5, 5.41) is 7.65. The van der Waals surface area contributed by atoms with Gasteiger partial charge in [0.1, 0.15) is 0 Å². The number of hydrogen-bond donors (Lipinski definition) is 1. The number of hydrogen-bond acceptors (Lipinski definition) is 3.